The fourth-order valence-corrected chi connectivity index (χ4v) is 6.58. The van der Waals surface area contributed by atoms with Crippen molar-refractivity contribution in [2.24, 2.45) is 5.92 Å². The zero-order valence-electron chi connectivity index (χ0n) is 22.1. The van der Waals surface area contributed by atoms with Gasteiger partial charge in [-0.3, -0.25) is 4.79 Å². The van der Waals surface area contributed by atoms with E-state index in [4.69, 9.17) is 16.6 Å². The number of nitrogens with zero attached hydrogens (tertiary/aromatic N) is 5. The van der Waals surface area contributed by atoms with Crippen molar-refractivity contribution in [1.82, 2.24) is 24.8 Å². The van der Waals surface area contributed by atoms with Gasteiger partial charge in [0.05, 0.1) is 11.3 Å². The first-order valence-corrected chi connectivity index (χ1v) is 14.3. The van der Waals surface area contributed by atoms with Crippen LogP contribution in [-0.2, 0) is 5.60 Å². The molecule has 0 aliphatic carbocycles. The summed E-state index contributed by atoms with van der Waals surface area (Å²) in [7, 11) is 0. The lowest BCUT2D eigenvalue weighted by atomic mass is 9.84. The van der Waals surface area contributed by atoms with E-state index in [0.29, 0.717) is 54.4 Å². The number of fused-ring (bicyclic) bond motifs is 2. The van der Waals surface area contributed by atoms with Crippen molar-refractivity contribution in [3.63, 3.8) is 0 Å². The highest BCUT2D eigenvalue weighted by atomic mass is 35.5. The fraction of sp³-hybridized carbons (Fsp3) is 0.367. The molecule has 3 aliphatic rings. The lowest BCUT2D eigenvalue weighted by Gasteiger charge is -2.39. The first-order chi connectivity index (χ1) is 19.5. The van der Waals surface area contributed by atoms with Gasteiger partial charge >= 0.3 is 0 Å². The summed E-state index contributed by atoms with van der Waals surface area (Å²) in [5.74, 6) is 1.17. The van der Waals surface area contributed by atoms with E-state index in [1.54, 1.807) is 4.52 Å². The maximum atomic E-state index is 13.1. The number of halogens is 1. The van der Waals surface area contributed by atoms with Gasteiger partial charge in [-0.25, -0.2) is 4.52 Å². The van der Waals surface area contributed by atoms with E-state index in [9.17, 15) is 9.90 Å². The van der Waals surface area contributed by atoms with Gasteiger partial charge in [-0.05, 0) is 79.3 Å². The van der Waals surface area contributed by atoms with Gasteiger partial charge < -0.3 is 25.5 Å². The summed E-state index contributed by atoms with van der Waals surface area (Å²) in [6.45, 7) is 4.12. The molecule has 2 aromatic carbocycles. The summed E-state index contributed by atoms with van der Waals surface area (Å²) in [5.41, 5.74) is 3.28. The molecule has 1 amide bonds. The quantitative estimate of drug-likeness (QED) is 0.340. The van der Waals surface area contributed by atoms with E-state index < -0.39 is 5.60 Å². The van der Waals surface area contributed by atoms with E-state index in [0.717, 1.165) is 48.6 Å². The molecule has 5 heterocycles. The number of piperidine rings is 1. The third-order valence-electron chi connectivity index (χ3n) is 8.75. The van der Waals surface area contributed by atoms with Crippen LogP contribution in [0, 0.1) is 5.92 Å². The Morgan fingerprint density at radius 3 is 2.58 bits per heavy atom. The Morgan fingerprint density at radius 2 is 1.80 bits per heavy atom. The second kappa shape index (κ2) is 10.1. The van der Waals surface area contributed by atoms with Gasteiger partial charge in [0.2, 0.25) is 5.95 Å². The first-order valence-electron chi connectivity index (χ1n) is 13.9. The molecular weight excluding hydrogens is 526 g/mol. The molecule has 7 rings (SSSR count). The standard InChI is InChI=1S/C30H32ClN7O2/c31-23-7-5-22(6-8-23)30(40)12-16-36(17-13-30)25-2-1-14-38-27(25)34-29(35-38)33-24-9-3-20(4-10-24)28(39)37-15-11-21-18-32-19-26(21)37/h1-10,14,21,26,32,40H,11-13,15-19H2,(H,33,35)/t21-,26+/m0/s1. The van der Waals surface area contributed by atoms with Crippen LogP contribution in [0.5, 0.6) is 0 Å². The minimum absolute atomic E-state index is 0.0998. The van der Waals surface area contributed by atoms with E-state index in [2.05, 4.69) is 20.6 Å². The molecule has 0 spiro atoms. The number of aromatic nitrogens is 3. The average molecular weight is 558 g/mol. The number of benzene rings is 2. The summed E-state index contributed by atoms with van der Waals surface area (Å²) in [4.78, 5) is 22.2. The Bertz CT molecular complexity index is 1530. The van der Waals surface area contributed by atoms with Gasteiger partial charge in [-0.1, -0.05) is 23.7 Å². The number of rotatable bonds is 5. The van der Waals surface area contributed by atoms with Crippen molar-refractivity contribution in [3.05, 3.63) is 83.0 Å². The maximum absolute atomic E-state index is 13.1. The Morgan fingerprint density at radius 1 is 1.02 bits per heavy atom. The maximum Gasteiger partial charge on any atom is 0.254 e. The van der Waals surface area contributed by atoms with E-state index in [1.807, 2.05) is 71.8 Å². The summed E-state index contributed by atoms with van der Waals surface area (Å²) in [6.07, 6.45) is 4.17. The van der Waals surface area contributed by atoms with Crippen LogP contribution >= 0.6 is 11.6 Å². The minimum Gasteiger partial charge on any atom is -0.385 e. The predicted molar refractivity (Wildman–Crippen MR) is 155 cm³/mol. The number of pyridine rings is 1. The summed E-state index contributed by atoms with van der Waals surface area (Å²) in [5, 5.41) is 23.3. The third-order valence-corrected chi connectivity index (χ3v) is 9.00. The monoisotopic (exact) mass is 557 g/mol. The predicted octanol–water partition coefficient (Wildman–Crippen LogP) is 4.05. The molecule has 206 valence electrons. The molecule has 2 aromatic heterocycles. The van der Waals surface area contributed by atoms with E-state index >= 15 is 0 Å². The summed E-state index contributed by atoms with van der Waals surface area (Å²) < 4.78 is 1.77. The van der Waals surface area contributed by atoms with Crippen LogP contribution in [0.25, 0.3) is 5.65 Å². The third kappa shape index (κ3) is 4.58. The van der Waals surface area contributed by atoms with Crippen LogP contribution in [0.3, 0.4) is 0 Å². The lowest BCUT2D eigenvalue weighted by Crippen LogP contribution is -2.42. The molecular formula is C30H32ClN7O2. The molecule has 3 N–H and O–H groups in total. The van der Waals surface area contributed by atoms with Gasteiger partial charge in [0, 0.05) is 61.2 Å². The normalized spacial score (nSPS) is 22.1. The molecule has 0 saturated carbocycles. The van der Waals surface area contributed by atoms with E-state index in [1.165, 1.54) is 0 Å². The largest absolute Gasteiger partial charge is 0.385 e. The molecule has 3 aliphatic heterocycles. The number of hydrogen-bond donors (Lipinski definition) is 3. The minimum atomic E-state index is -0.870. The SMILES string of the molecule is O=C(c1ccc(Nc2nc3c(N4CCC(O)(c5ccc(Cl)cc5)CC4)cccn3n2)cc1)N1CC[C@H]2CNC[C@H]21. The van der Waals surface area contributed by atoms with Crippen molar-refractivity contribution in [2.75, 3.05) is 42.9 Å². The first kappa shape index (κ1) is 25.3. The number of carbonyl (C=O) groups is 1. The van der Waals surface area contributed by atoms with Crippen LogP contribution in [0.4, 0.5) is 17.3 Å². The molecule has 0 bridgehead atoms. The van der Waals surface area contributed by atoms with E-state index in [-0.39, 0.29) is 5.91 Å². The zero-order valence-corrected chi connectivity index (χ0v) is 22.9. The number of aliphatic hydroxyl groups is 1. The van der Waals surface area contributed by atoms with Crippen molar-refractivity contribution < 1.29 is 9.90 Å². The molecule has 0 radical (unpaired) electrons. The number of likely N-dealkylation sites (tertiary alicyclic amines) is 1. The molecule has 4 aromatic rings. The second-order valence-electron chi connectivity index (χ2n) is 11.1. The van der Waals surface area contributed by atoms with Crippen LogP contribution in [-0.4, -0.2) is 69.3 Å². The van der Waals surface area contributed by atoms with Gasteiger partial charge in [0.25, 0.3) is 5.91 Å². The van der Waals surface area contributed by atoms with Crippen LogP contribution < -0.4 is 15.5 Å². The van der Waals surface area contributed by atoms with Gasteiger partial charge in [-0.15, -0.1) is 5.10 Å². The molecule has 3 fully saturated rings. The molecule has 9 nitrogen and oxygen atoms in total. The highest BCUT2D eigenvalue weighted by Gasteiger charge is 2.40. The van der Waals surface area contributed by atoms with Crippen molar-refractivity contribution >= 4 is 40.5 Å². The number of carbonyl (C=O) groups excluding carboxylic acids is 1. The molecule has 0 unspecified atom stereocenters. The summed E-state index contributed by atoms with van der Waals surface area (Å²) in [6, 6.07) is 19.3. The Balaban J connectivity index is 1.04. The van der Waals surface area contributed by atoms with Crippen LogP contribution in [0.15, 0.2) is 66.9 Å². The zero-order chi connectivity index (χ0) is 27.3. The highest BCUT2D eigenvalue weighted by molar-refractivity contribution is 6.30. The Labute approximate surface area is 237 Å². The average Bonchev–Trinajstić information content (AvgIpc) is 3.70. The van der Waals surface area contributed by atoms with Gasteiger partial charge in [0.15, 0.2) is 5.65 Å². The van der Waals surface area contributed by atoms with Crippen LogP contribution in [0.2, 0.25) is 5.02 Å². The van der Waals surface area contributed by atoms with Gasteiger partial charge in [0.1, 0.15) is 0 Å². The lowest BCUT2D eigenvalue weighted by molar-refractivity contribution is 0.0118. The number of hydrogen-bond acceptors (Lipinski definition) is 7. The molecule has 40 heavy (non-hydrogen) atoms. The highest BCUT2D eigenvalue weighted by Crippen LogP contribution is 2.36. The van der Waals surface area contributed by atoms with Gasteiger partial charge in [-0.2, -0.15) is 4.98 Å². The van der Waals surface area contributed by atoms with Crippen LogP contribution in [0.1, 0.15) is 35.2 Å². The molecule has 3 saturated heterocycles. The smallest absolute Gasteiger partial charge is 0.254 e. The van der Waals surface area contributed by atoms with Crippen molar-refractivity contribution in [1.29, 1.82) is 0 Å². The second-order valence-corrected chi connectivity index (χ2v) is 11.5. The Hall–Kier alpha value is -3.66. The number of nitrogens with one attached hydrogen (secondary N) is 2. The fourth-order valence-electron chi connectivity index (χ4n) is 6.45. The topological polar surface area (TPSA) is 98.0 Å². The summed E-state index contributed by atoms with van der Waals surface area (Å²) >= 11 is 6.04. The Kier molecular flexibility index (Phi) is 6.37. The van der Waals surface area contributed by atoms with Crippen molar-refractivity contribution in [2.45, 2.75) is 30.9 Å². The number of amides is 1. The molecule has 10 heteroatoms. The van der Waals surface area contributed by atoms with Crippen molar-refractivity contribution in [3.8, 4) is 0 Å². The number of anilines is 3. The molecule has 2 atom stereocenters.